The monoisotopic (exact) mass is 414 g/mol. The number of ether oxygens (including phenoxy) is 1. The normalized spacial score (nSPS) is 14.3. The molecule has 0 atom stereocenters. The average molecular weight is 415 g/mol. The van der Waals surface area contributed by atoms with Gasteiger partial charge in [0.1, 0.15) is 5.75 Å². The smallest absolute Gasteiger partial charge is 0.226 e. The molecule has 28 heavy (non-hydrogen) atoms. The quantitative estimate of drug-likeness (QED) is 0.616. The number of nitrogens with zero attached hydrogens (tertiary/aromatic N) is 4. The fourth-order valence-corrected chi connectivity index (χ4v) is 4.73. The zero-order chi connectivity index (χ0) is 19.3. The minimum atomic E-state index is 0.142. The number of anilines is 1. The second kappa shape index (κ2) is 8.70. The molecule has 4 rings (SSSR count). The van der Waals surface area contributed by atoms with Crippen LogP contribution in [0.5, 0.6) is 5.75 Å². The Morgan fingerprint density at radius 1 is 1.11 bits per heavy atom. The van der Waals surface area contributed by atoms with Crippen LogP contribution in [-0.4, -0.2) is 53.8 Å². The van der Waals surface area contributed by atoms with E-state index < -0.39 is 0 Å². The van der Waals surface area contributed by atoms with Crippen molar-refractivity contribution in [2.45, 2.75) is 13.3 Å². The highest BCUT2D eigenvalue weighted by molar-refractivity contribution is 7.22. The molecule has 1 amide bonds. The first-order chi connectivity index (χ1) is 13.7. The predicted octanol–water partition coefficient (Wildman–Crippen LogP) is 3.69. The number of thiophene rings is 1. The number of carbonyl (C=O) groups excluding carboxylic acids is 1. The Morgan fingerprint density at radius 2 is 1.89 bits per heavy atom. The number of hydrogen-bond donors (Lipinski definition) is 0. The van der Waals surface area contributed by atoms with Crippen LogP contribution in [0.15, 0.2) is 41.8 Å². The number of aryl methyl sites for hydroxylation is 1. The molecule has 0 aliphatic carbocycles. The summed E-state index contributed by atoms with van der Waals surface area (Å²) in [5.41, 5.74) is 1.19. The van der Waals surface area contributed by atoms with Crippen LogP contribution in [0.1, 0.15) is 12.0 Å². The van der Waals surface area contributed by atoms with E-state index in [0.717, 1.165) is 33.9 Å². The highest BCUT2D eigenvalue weighted by atomic mass is 32.1. The molecule has 0 N–H and O–H groups in total. The van der Waals surface area contributed by atoms with Crippen LogP contribution < -0.4 is 9.64 Å². The largest absolute Gasteiger partial charge is 0.493 e. The summed E-state index contributed by atoms with van der Waals surface area (Å²) in [7, 11) is 0. The molecule has 1 saturated heterocycles. The van der Waals surface area contributed by atoms with Gasteiger partial charge in [-0.15, -0.1) is 21.5 Å². The lowest BCUT2D eigenvalue weighted by Crippen LogP contribution is -2.49. The topological polar surface area (TPSA) is 58.6 Å². The summed E-state index contributed by atoms with van der Waals surface area (Å²) in [6.45, 7) is 5.42. The molecule has 8 heteroatoms. The first-order valence-electron chi connectivity index (χ1n) is 9.28. The minimum Gasteiger partial charge on any atom is -0.493 e. The lowest BCUT2D eigenvalue weighted by Gasteiger charge is -2.34. The Labute approximate surface area is 172 Å². The van der Waals surface area contributed by atoms with Crippen LogP contribution in [0.3, 0.4) is 0 Å². The molecule has 1 fully saturated rings. The third kappa shape index (κ3) is 4.51. The number of carbonyl (C=O) groups is 1. The maximum Gasteiger partial charge on any atom is 0.226 e. The summed E-state index contributed by atoms with van der Waals surface area (Å²) in [4.78, 5) is 17.7. The van der Waals surface area contributed by atoms with E-state index in [4.69, 9.17) is 4.74 Å². The van der Waals surface area contributed by atoms with Gasteiger partial charge in [-0.25, -0.2) is 0 Å². The van der Waals surface area contributed by atoms with Crippen LogP contribution in [0, 0.1) is 6.92 Å². The number of piperazine rings is 1. The fourth-order valence-electron chi connectivity index (χ4n) is 3.04. The molecule has 1 aliphatic rings. The van der Waals surface area contributed by atoms with E-state index in [2.05, 4.69) is 21.2 Å². The summed E-state index contributed by atoms with van der Waals surface area (Å²) in [5, 5.41) is 12.6. The molecule has 0 saturated carbocycles. The molecule has 146 valence electrons. The number of amides is 1. The zero-order valence-corrected chi connectivity index (χ0v) is 17.3. The lowest BCUT2D eigenvalue weighted by molar-refractivity contribution is -0.132. The second-order valence-corrected chi connectivity index (χ2v) is 8.55. The van der Waals surface area contributed by atoms with Crippen LogP contribution in [0.4, 0.5) is 5.13 Å². The van der Waals surface area contributed by atoms with Gasteiger partial charge >= 0.3 is 0 Å². The van der Waals surface area contributed by atoms with Crippen molar-refractivity contribution in [2.24, 2.45) is 0 Å². The summed E-state index contributed by atoms with van der Waals surface area (Å²) in [5.74, 6) is 0.948. The van der Waals surface area contributed by atoms with Crippen LogP contribution in [0.2, 0.25) is 0 Å². The Morgan fingerprint density at radius 3 is 2.61 bits per heavy atom. The molecule has 6 nitrogen and oxygen atoms in total. The summed E-state index contributed by atoms with van der Waals surface area (Å²) >= 11 is 3.28. The van der Waals surface area contributed by atoms with Gasteiger partial charge in [0.05, 0.1) is 17.9 Å². The van der Waals surface area contributed by atoms with Crippen molar-refractivity contribution in [2.75, 3.05) is 37.7 Å². The average Bonchev–Trinajstić information content (AvgIpc) is 3.41. The molecular formula is C20H22N4O2S2. The maximum atomic E-state index is 12.4. The van der Waals surface area contributed by atoms with Crippen molar-refractivity contribution in [3.63, 3.8) is 0 Å². The molecule has 1 aliphatic heterocycles. The van der Waals surface area contributed by atoms with Crippen molar-refractivity contribution in [3.8, 4) is 15.6 Å². The summed E-state index contributed by atoms with van der Waals surface area (Å²) < 4.78 is 5.68. The highest BCUT2D eigenvalue weighted by Gasteiger charge is 2.23. The Balaban J connectivity index is 1.23. The van der Waals surface area contributed by atoms with Gasteiger partial charge in [-0.2, -0.15) is 0 Å². The number of rotatable bonds is 6. The molecule has 0 spiro atoms. The van der Waals surface area contributed by atoms with Crippen molar-refractivity contribution in [1.29, 1.82) is 0 Å². The highest BCUT2D eigenvalue weighted by Crippen LogP contribution is 2.31. The van der Waals surface area contributed by atoms with Crippen LogP contribution >= 0.6 is 22.7 Å². The minimum absolute atomic E-state index is 0.142. The van der Waals surface area contributed by atoms with Crippen LogP contribution in [-0.2, 0) is 4.79 Å². The molecular weight excluding hydrogens is 392 g/mol. The molecule has 0 unspecified atom stereocenters. The zero-order valence-electron chi connectivity index (χ0n) is 15.7. The fraction of sp³-hybridized carbons (Fsp3) is 0.350. The number of aromatic nitrogens is 2. The second-order valence-electron chi connectivity index (χ2n) is 6.65. The number of benzene rings is 1. The van der Waals surface area contributed by atoms with Gasteiger partial charge in [0.15, 0.2) is 5.01 Å². The summed E-state index contributed by atoms with van der Waals surface area (Å²) in [6.07, 6.45) is 0.398. The van der Waals surface area contributed by atoms with E-state index >= 15 is 0 Å². The lowest BCUT2D eigenvalue weighted by atomic mass is 10.2. The van der Waals surface area contributed by atoms with Crippen LogP contribution in [0.25, 0.3) is 9.88 Å². The van der Waals surface area contributed by atoms with E-state index in [1.165, 1.54) is 5.56 Å². The van der Waals surface area contributed by atoms with E-state index in [0.29, 0.717) is 26.1 Å². The van der Waals surface area contributed by atoms with Gasteiger partial charge in [0.25, 0.3) is 0 Å². The van der Waals surface area contributed by atoms with Crippen molar-refractivity contribution < 1.29 is 9.53 Å². The van der Waals surface area contributed by atoms with Gasteiger partial charge in [0.2, 0.25) is 11.0 Å². The Hall–Kier alpha value is -2.45. The van der Waals surface area contributed by atoms with E-state index in [9.17, 15) is 4.79 Å². The number of hydrogen-bond acceptors (Lipinski definition) is 7. The van der Waals surface area contributed by atoms with Gasteiger partial charge < -0.3 is 14.5 Å². The molecule has 3 heterocycles. The van der Waals surface area contributed by atoms with Crippen molar-refractivity contribution in [1.82, 2.24) is 15.1 Å². The maximum absolute atomic E-state index is 12.4. The first kappa shape index (κ1) is 18.9. The molecule has 1 aromatic carbocycles. The molecule has 2 aromatic heterocycles. The molecule has 0 bridgehead atoms. The first-order valence-corrected chi connectivity index (χ1v) is 11.0. The predicted molar refractivity (Wildman–Crippen MR) is 113 cm³/mol. The van der Waals surface area contributed by atoms with E-state index in [1.54, 1.807) is 22.7 Å². The standard InChI is InChI=1S/C20H22N4O2S2/c1-15-4-6-16(7-5-15)26-13-8-18(25)23-9-11-24(12-10-23)20-22-21-19(28-20)17-3-2-14-27-17/h2-7,14H,8-13H2,1H3. The van der Waals surface area contributed by atoms with E-state index in [1.807, 2.05) is 47.5 Å². The Kier molecular flexibility index (Phi) is 5.87. The third-order valence-corrected chi connectivity index (χ3v) is 6.68. The van der Waals surface area contributed by atoms with Gasteiger partial charge in [-0.05, 0) is 30.5 Å². The van der Waals surface area contributed by atoms with Gasteiger partial charge in [-0.1, -0.05) is 35.1 Å². The molecule has 0 radical (unpaired) electrons. The van der Waals surface area contributed by atoms with Crippen molar-refractivity contribution >= 4 is 33.7 Å². The van der Waals surface area contributed by atoms with Gasteiger partial charge in [-0.3, -0.25) is 4.79 Å². The Bertz CT molecular complexity index is 901. The molecule has 3 aromatic rings. The summed E-state index contributed by atoms with van der Waals surface area (Å²) in [6, 6.07) is 12.0. The van der Waals surface area contributed by atoms with E-state index in [-0.39, 0.29) is 5.91 Å². The van der Waals surface area contributed by atoms with Crippen molar-refractivity contribution in [3.05, 3.63) is 47.3 Å². The van der Waals surface area contributed by atoms with Gasteiger partial charge in [0, 0.05) is 26.2 Å². The SMILES string of the molecule is Cc1ccc(OCCC(=O)N2CCN(c3nnc(-c4cccs4)s3)CC2)cc1. The third-order valence-electron chi connectivity index (χ3n) is 4.65.